The molecular weight excluding hydrogens is 542 g/mol. The number of hydrogen-bond acceptors (Lipinski definition) is 7. The molecule has 0 aromatic heterocycles. The standard InChI is InChI=1S/C28H51N9O5/c1-16(2)14-20(29)25(40)36-12-11-35(26(41)21(36)8-7-9-33-28(31)32)19(6)24(39)37-13-10-34(18(5)23(30)38)27(42)22(37)15-17(3)4/h16-22H,7-15,29H2,1-6H3,(H2,30,38)(H4,31,32,33)/t18-,19-,20-,21?,22-/m0/s1. The number of piperazine rings is 2. The van der Waals surface area contributed by atoms with E-state index in [0.717, 1.165) is 0 Å². The van der Waals surface area contributed by atoms with E-state index < -0.39 is 36.1 Å². The molecule has 1 unspecified atom stereocenters. The van der Waals surface area contributed by atoms with Gasteiger partial charge in [-0.25, -0.2) is 0 Å². The molecule has 0 spiro atoms. The maximum absolute atomic E-state index is 13.9. The Bertz CT molecular complexity index is 1020. The molecule has 0 bridgehead atoms. The fourth-order valence-electron chi connectivity index (χ4n) is 5.73. The van der Waals surface area contributed by atoms with Crippen LogP contribution in [0.4, 0.5) is 0 Å². The molecule has 0 radical (unpaired) electrons. The molecule has 2 aliphatic heterocycles. The minimum atomic E-state index is -0.875. The summed E-state index contributed by atoms with van der Waals surface area (Å²) in [4.78, 5) is 72.3. The zero-order valence-electron chi connectivity index (χ0n) is 26.0. The Balaban J connectivity index is 2.28. The summed E-state index contributed by atoms with van der Waals surface area (Å²) in [5.74, 6) is -1.87. The lowest BCUT2D eigenvalue weighted by Crippen LogP contribution is -2.67. The molecule has 0 aliphatic carbocycles. The third kappa shape index (κ3) is 8.55. The van der Waals surface area contributed by atoms with Crippen molar-refractivity contribution in [1.82, 2.24) is 24.9 Å². The van der Waals surface area contributed by atoms with Gasteiger partial charge in [0, 0.05) is 32.7 Å². The number of guanidine groups is 1. The van der Waals surface area contributed by atoms with E-state index >= 15 is 0 Å². The lowest BCUT2D eigenvalue weighted by atomic mass is 9.96. The summed E-state index contributed by atoms with van der Waals surface area (Å²) < 4.78 is 0. The number of hydrogen-bond donors (Lipinski definition) is 5. The van der Waals surface area contributed by atoms with Gasteiger partial charge in [0.1, 0.15) is 24.2 Å². The maximum Gasteiger partial charge on any atom is 0.246 e. The molecule has 0 aromatic carbocycles. The molecule has 5 amide bonds. The molecule has 238 valence electrons. The zero-order valence-corrected chi connectivity index (χ0v) is 26.0. The molecule has 0 saturated carbocycles. The van der Waals surface area contributed by atoms with Crippen molar-refractivity contribution >= 4 is 35.5 Å². The van der Waals surface area contributed by atoms with E-state index in [2.05, 4.69) is 5.32 Å². The first-order valence-electron chi connectivity index (χ1n) is 14.9. The van der Waals surface area contributed by atoms with Crippen LogP contribution in [0.25, 0.3) is 0 Å². The highest BCUT2D eigenvalue weighted by Gasteiger charge is 2.45. The Morgan fingerprint density at radius 1 is 0.833 bits per heavy atom. The summed E-state index contributed by atoms with van der Waals surface area (Å²) in [7, 11) is 0. The van der Waals surface area contributed by atoms with Crippen molar-refractivity contribution in [3.05, 3.63) is 0 Å². The predicted molar refractivity (Wildman–Crippen MR) is 159 cm³/mol. The molecule has 2 fully saturated rings. The van der Waals surface area contributed by atoms with Crippen molar-refractivity contribution in [1.29, 1.82) is 5.41 Å². The molecular formula is C28H51N9O5. The Morgan fingerprint density at radius 3 is 1.86 bits per heavy atom. The van der Waals surface area contributed by atoms with E-state index in [1.165, 1.54) is 19.6 Å². The van der Waals surface area contributed by atoms with Crippen LogP contribution in [0, 0.1) is 17.2 Å². The van der Waals surface area contributed by atoms with Crippen molar-refractivity contribution in [3.8, 4) is 0 Å². The van der Waals surface area contributed by atoms with Crippen LogP contribution in [0.2, 0.25) is 0 Å². The second-order valence-electron chi connectivity index (χ2n) is 12.3. The van der Waals surface area contributed by atoms with Crippen LogP contribution >= 0.6 is 0 Å². The summed E-state index contributed by atoms with van der Waals surface area (Å²) >= 11 is 0. The van der Waals surface area contributed by atoms with Crippen LogP contribution < -0.4 is 22.5 Å². The van der Waals surface area contributed by atoms with Crippen LogP contribution in [0.15, 0.2) is 0 Å². The average molecular weight is 594 g/mol. The molecule has 2 heterocycles. The van der Waals surface area contributed by atoms with E-state index in [4.69, 9.17) is 22.6 Å². The minimum Gasteiger partial charge on any atom is -0.370 e. The molecule has 14 nitrogen and oxygen atoms in total. The van der Waals surface area contributed by atoms with E-state index in [1.54, 1.807) is 13.8 Å². The number of nitrogens with two attached hydrogens (primary N) is 3. The number of carbonyl (C=O) groups is 5. The van der Waals surface area contributed by atoms with Crippen molar-refractivity contribution in [3.63, 3.8) is 0 Å². The molecule has 0 aromatic rings. The van der Waals surface area contributed by atoms with Gasteiger partial charge in [-0.3, -0.25) is 29.4 Å². The molecule has 5 atom stereocenters. The SMILES string of the molecule is CC(C)C[C@H](N)C(=O)N1CCN([C@@H](C)C(=O)N2CCN([C@@H](C)C(N)=O)C(=O)[C@@H]2CC(C)C)C(=O)C1CCCNC(=N)N. The van der Waals surface area contributed by atoms with E-state index in [9.17, 15) is 24.0 Å². The molecule has 2 rings (SSSR count). The van der Waals surface area contributed by atoms with Crippen molar-refractivity contribution < 1.29 is 24.0 Å². The first-order chi connectivity index (χ1) is 19.6. The highest BCUT2D eigenvalue weighted by atomic mass is 16.2. The number of nitrogens with one attached hydrogen (secondary N) is 2. The van der Waals surface area contributed by atoms with Gasteiger partial charge < -0.3 is 42.1 Å². The fraction of sp³-hybridized carbons (Fsp3) is 0.786. The Hall–Kier alpha value is -3.42. The normalized spacial score (nSPS) is 21.9. The number of rotatable bonds is 13. The van der Waals surface area contributed by atoms with Gasteiger partial charge in [0.15, 0.2) is 5.96 Å². The van der Waals surface area contributed by atoms with Crippen LogP contribution in [-0.4, -0.2) is 118 Å². The Labute approximate surface area is 249 Å². The van der Waals surface area contributed by atoms with E-state index in [1.807, 2.05) is 27.7 Å². The summed E-state index contributed by atoms with van der Waals surface area (Å²) in [5, 5.41) is 10.1. The second kappa shape index (κ2) is 15.2. The second-order valence-corrected chi connectivity index (χ2v) is 12.3. The van der Waals surface area contributed by atoms with E-state index in [0.29, 0.717) is 32.2 Å². The van der Waals surface area contributed by atoms with Crippen LogP contribution in [-0.2, 0) is 24.0 Å². The average Bonchev–Trinajstić information content (AvgIpc) is 2.90. The Kier molecular flexibility index (Phi) is 12.6. The van der Waals surface area contributed by atoms with Crippen molar-refractivity contribution in [2.45, 2.75) is 97.4 Å². The largest absolute Gasteiger partial charge is 0.370 e. The first-order valence-corrected chi connectivity index (χ1v) is 14.9. The molecule has 2 aliphatic rings. The zero-order chi connectivity index (χ0) is 31.9. The van der Waals surface area contributed by atoms with Crippen LogP contribution in [0.1, 0.15) is 67.2 Å². The smallest absolute Gasteiger partial charge is 0.246 e. The highest BCUT2D eigenvalue weighted by molar-refractivity contribution is 5.96. The van der Waals surface area contributed by atoms with Gasteiger partial charge in [-0.2, -0.15) is 0 Å². The molecule has 2 saturated heterocycles. The van der Waals surface area contributed by atoms with Crippen molar-refractivity contribution in [2.24, 2.45) is 29.0 Å². The lowest BCUT2D eigenvalue weighted by molar-refractivity contribution is -0.163. The molecule has 14 heteroatoms. The summed E-state index contributed by atoms with van der Waals surface area (Å²) in [6.07, 6.45) is 1.64. The van der Waals surface area contributed by atoms with Crippen molar-refractivity contribution in [2.75, 3.05) is 32.7 Å². The number of primary amides is 1. The van der Waals surface area contributed by atoms with Gasteiger partial charge in [0.25, 0.3) is 0 Å². The van der Waals surface area contributed by atoms with Gasteiger partial charge in [-0.15, -0.1) is 0 Å². The van der Waals surface area contributed by atoms with Gasteiger partial charge in [0.05, 0.1) is 6.04 Å². The number of carbonyl (C=O) groups excluding carboxylic acids is 5. The van der Waals surface area contributed by atoms with Crippen LogP contribution in [0.3, 0.4) is 0 Å². The quantitative estimate of drug-likeness (QED) is 0.101. The van der Waals surface area contributed by atoms with Gasteiger partial charge in [-0.05, 0) is 51.4 Å². The summed E-state index contributed by atoms with van der Waals surface area (Å²) in [5.41, 5.74) is 17.1. The lowest BCUT2D eigenvalue weighted by Gasteiger charge is -2.47. The minimum absolute atomic E-state index is 0.0904. The summed E-state index contributed by atoms with van der Waals surface area (Å²) in [6, 6.07) is -4.03. The topological polar surface area (TPSA) is 212 Å². The predicted octanol–water partition coefficient (Wildman–Crippen LogP) is -0.990. The molecule has 8 N–H and O–H groups in total. The first kappa shape index (κ1) is 34.8. The van der Waals surface area contributed by atoms with E-state index in [-0.39, 0.29) is 67.6 Å². The third-order valence-corrected chi connectivity index (χ3v) is 8.03. The summed E-state index contributed by atoms with van der Waals surface area (Å²) in [6.45, 7) is 12.1. The van der Waals surface area contributed by atoms with Gasteiger partial charge >= 0.3 is 0 Å². The monoisotopic (exact) mass is 593 g/mol. The highest BCUT2D eigenvalue weighted by Crippen LogP contribution is 2.25. The van der Waals surface area contributed by atoms with Gasteiger partial charge in [0.2, 0.25) is 29.5 Å². The third-order valence-electron chi connectivity index (χ3n) is 8.03. The maximum atomic E-state index is 13.9. The van der Waals surface area contributed by atoms with Crippen LogP contribution in [0.5, 0.6) is 0 Å². The number of nitrogens with zero attached hydrogens (tertiary/aromatic N) is 4. The fourth-order valence-corrected chi connectivity index (χ4v) is 5.73. The van der Waals surface area contributed by atoms with Gasteiger partial charge in [-0.1, -0.05) is 27.7 Å². The Morgan fingerprint density at radius 2 is 1.36 bits per heavy atom. The number of amides is 5. The molecule has 42 heavy (non-hydrogen) atoms.